The molecule has 0 fully saturated rings. The van der Waals surface area contributed by atoms with Crippen molar-refractivity contribution in [1.29, 1.82) is 0 Å². The van der Waals surface area contributed by atoms with E-state index in [0.29, 0.717) is 18.5 Å². The summed E-state index contributed by atoms with van der Waals surface area (Å²) in [5.41, 5.74) is 2.06. The highest BCUT2D eigenvalue weighted by molar-refractivity contribution is 5.50. The van der Waals surface area contributed by atoms with Gasteiger partial charge in [0.15, 0.2) is 0 Å². The molecule has 3 unspecified atom stereocenters. The van der Waals surface area contributed by atoms with Crippen LogP contribution in [0.15, 0.2) is 36.5 Å². The first-order valence-electron chi connectivity index (χ1n) is 5.48. The molecule has 1 amide bonds. The minimum Gasteiger partial charge on any atom is -0.392 e. The number of rotatable bonds is 3. The van der Waals surface area contributed by atoms with Crippen LogP contribution in [0.25, 0.3) is 0 Å². The van der Waals surface area contributed by atoms with Crippen molar-refractivity contribution in [3.05, 3.63) is 47.7 Å². The van der Waals surface area contributed by atoms with Crippen LogP contribution in [0.2, 0.25) is 0 Å². The van der Waals surface area contributed by atoms with Gasteiger partial charge >= 0.3 is 0 Å². The van der Waals surface area contributed by atoms with Crippen molar-refractivity contribution in [3.63, 3.8) is 0 Å². The van der Waals surface area contributed by atoms with Crippen LogP contribution in [0.1, 0.15) is 17.2 Å². The Balaban J connectivity index is 2.32. The maximum absolute atomic E-state index is 10.4. The molecule has 4 heteroatoms. The fraction of sp³-hybridized carbons (Fsp3) is 0.308. The molecule has 1 aliphatic rings. The first kappa shape index (κ1) is 11.8. The number of benzene rings is 1. The van der Waals surface area contributed by atoms with Crippen LogP contribution in [-0.4, -0.2) is 22.7 Å². The van der Waals surface area contributed by atoms with Crippen LogP contribution in [0, 0.1) is 5.92 Å². The van der Waals surface area contributed by atoms with E-state index in [1.807, 2.05) is 24.3 Å². The number of hydrogen-bond acceptors (Lipinski definition) is 3. The fourth-order valence-electron chi connectivity index (χ4n) is 2.36. The van der Waals surface area contributed by atoms with Gasteiger partial charge in [0, 0.05) is 5.70 Å². The van der Waals surface area contributed by atoms with E-state index in [0.717, 1.165) is 11.1 Å². The standard InChI is InChI=1S/C13H15NO3/c1-8(14-7-15)12-11(16)6-9-4-2-3-5-10(9)13(12)17/h2-5,7,11-13,16-17H,1,6H2,(H,14,15). The second kappa shape index (κ2) is 4.69. The van der Waals surface area contributed by atoms with Crippen LogP contribution in [0.5, 0.6) is 0 Å². The van der Waals surface area contributed by atoms with Crippen molar-refractivity contribution < 1.29 is 15.0 Å². The fourth-order valence-corrected chi connectivity index (χ4v) is 2.36. The molecule has 90 valence electrons. The Bertz CT molecular complexity index is 444. The zero-order valence-electron chi connectivity index (χ0n) is 9.34. The summed E-state index contributed by atoms with van der Waals surface area (Å²) in [4.78, 5) is 10.4. The van der Waals surface area contributed by atoms with E-state index >= 15 is 0 Å². The van der Waals surface area contributed by atoms with Gasteiger partial charge in [-0.3, -0.25) is 4.79 Å². The Labute approximate surface area is 99.6 Å². The van der Waals surface area contributed by atoms with Gasteiger partial charge in [0.2, 0.25) is 6.41 Å². The molecule has 0 saturated carbocycles. The summed E-state index contributed by atoms with van der Waals surface area (Å²) in [6.07, 6.45) is -0.616. The molecule has 0 saturated heterocycles. The monoisotopic (exact) mass is 233 g/mol. The number of amides is 1. The Morgan fingerprint density at radius 1 is 1.41 bits per heavy atom. The molecule has 4 nitrogen and oxygen atoms in total. The van der Waals surface area contributed by atoms with Crippen molar-refractivity contribution in [2.24, 2.45) is 5.92 Å². The second-order valence-electron chi connectivity index (χ2n) is 4.23. The van der Waals surface area contributed by atoms with Gasteiger partial charge < -0.3 is 15.5 Å². The second-order valence-corrected chi connectivity index (χ2v) is 4.23. The summed E-state index contributed by atoms with van der Waals surface area (Å²) in [5.74, 6) is -0.560. The molecular weight excluding hydrogens is 218 g/mol. The molecule has 0 aliphatic heterocycles. The molecule has 0 heterocycles. The minimum absolute atomic E-state index is 0.342. The summed E-state index contributed by atoms with van der Waals surface area (Å²) in [6.45, 7) is 3.68. The van der Waals surface area contributed by atoms with Crippen LogP contribution in [0.3, 0.4) is 0 Å². The topological polar surface area (TPSA) is 69.6 Å². The summed E-state index contributed by atoms with van der Waals surface area (Å²) in [7, 11) is 0. The highest BCUT2D eigenvalue weighted by Gasteiger charge is 2.36. The lowest BCUT2D eigenvalue weighted by molar-refractivity contribution is -0.109. The van der Waals surface area contributed by atoms with Crippen molar-refractivity contribution in [2.75, 3.05) is 0 Å². The Morgan fingerprint density at radius 2 is 2.12 bits per heavy atom. The van der Waals surface area contributed by atoms with Gasteiger partial charge in [-0.05, 0) is 17.5 Å². The largest absolute Gasteiger partial charge is 0.392 e. The molecule has 3 N–H and O–H groups in total. The third-order valence-corrected chi connectivity index (χ3v) is 3.20. The van der Waals surface area contributed by atoms with E-state index in [9.17, 15) is 15.0 Å². The third-order valence-electron chi connectivity index (χ3n) is 3.20. The molecule has 2 rings (SSSR count). The lowest BCUT2D eigenvalue weighted by Gasteiger charge is -2.35. The molecule has 1 aliphatic carbocycles. The normalized spacial score (nSPS) is 27.1. The van der Waals surface area contributed by atoms with E-state index in [1.54, 1.807) is 0 Å². The van der Waals surface area contributed by atoms with E-state index in [-0.39, 0.29) is 0 Å². The van der Waals surface area contributed by atoms with Crippen molar-refractivity contribution in [2.45, 2.75) is 18.6 Å². The van der Waals surface area contributed by atoms with Gasteiger partial charge in [-0.15, -0.1) is 0 Å². The zero-order chi connectivity index (χ0) is 12.4. The van der Waals surface area contributed by atoms with E-state index in [4.69, 9.17) is 0 Å². The number of carbonyl (C=O) groups is 1. The zero-order valence-corrected chi connectivity index (χ0v) is 9.34. The van der Waals surface area contributed by atoms with Crippen LogP contribution >= 0.6 is 0 Å². The van der Waals surface area contributed by atoms with E-state index in [2.05, 4.69) is 11.9 Å². The van der Waals surface area contributed by atoms with E-state index < -0.39 is 18.1 Å². The van der Waals surface area contributed by atoms with Gasteiger partial charge in [0.05, 0.1) is 18.1 Å². The SMILES string of the molecule is C=C(NC=O)C1C(O)Cc2ccccc2C1O. The molecule has 0 aromatic heterocycles. The maximum atomic E-state index is 10.4. The predicted molar refractivity (Wildman–Crippen MR) is 62.9 cm³/mol. The molecule has 1 aromatic carbocycles. The molecule has 17 heavy (non-hydrogen) atoms. The van der Waals surface area contributed by atoms with Crippen LogP contribution in [0.4, 0.5) is 0 Å². The van der Waals surface area contributed by atoms with Crippen molar-refractivity contribution in [1.82, 2.24) is 5.32 Å². The highest BCUT2D eigenvalue weighted by atomic mass is 16.3. The Hall–Kier alpha value is -1.65. The van der Waals surface area contributed by atoms with Gasteiger partial charge in [-0.1, -0.05) is 30.8 Å². The number of nitrogens with one attached hydrogen (secondary N) is 1. The quantitative estimate of drug-likeness (QED) is 0.666. The van der Waals surface area contributed by atoms with Gasteiger partial charge in [-0.25, -0.2) is 0 Å². The first-order chi connectivity index (χ1) is 8.15. The summed E-state index contributed by atoms with van der Waals surface area (Å²) in [6, 6.07) is 7.42. The first-order valence-corrected chi connectivity index (χ1v) is 5.48. The molecule has 0 bridgehead atoms. The maximum Gasteiger partial charge on any atom is 0.211 e. The van der Waals surface area contributed by atoms with Gasteiger partial charge in [0.25, 0.3) is 0 Å². The molecular formula is C13H15NO3. The Morgan fingerprint density at radius 3 is 2.82 bits per heavy atom. The average Bonchev–Trinajstić information content (AvgIpc) is 2.29. The third kappa shape index (κ3) is 2.09. The van der Waals surface area contributed by atoms with Crippen molar-refractivity contribution in [3.8, 4) is 0 Å². The molecule has 0 radical (unpaired) electrons. The van der Waals surface area contributed by atoms with Crippen LogP contribution in [-0.2, 0) is 11.2 Å². The molecule has 3 atom stereocenters. The summed E-state index contributed by atoms with van der Waals surface area (Å²) in [5, 5.41) is 22.6. The Kier molecular flexibility index (Phi) is 3.26. The van der Waals surface area contributed by atoms with Crippen molar-refractivity contribution >= 4 is 6.41 Å². The van der Waals surface area contributed by atoms with Gasteiger partial charge in [0.1, 0.15) is 0 Å². The summed E-state index contributed by atoms with van der Waals surface area (Å²) >= 11 is 0. The summed E-state index contributed by atoms with van der Waals surface area (Å²) < 4.78 is 0. The number of aliphatic hydroxyl groups excluding tert-OH is 2. The lowest BCUT2D eigenvalue weighted by Crippen LogP contribution is -2.38. The minimum atomic E-state index is -0.838. The molecule has 0 spiro atoms. The lowest BCUT2D eigenvalue weighted by atomic mass is 9.78. The average molecular weight is 233 g/mol. The predicted octanol–water partition coefficient (Wildman–Crippen LogP) is 0.513. The van der Waals surface area contributed by atoms with E-state index in [1.165, 1.54) is 0 Å². The number of carbonyl (C=O) groups excluding carboxylic acids is 1. The number of hydrogen-bond donors (Lipinski definition) is 3. The highest BCUT2D eigenvalue weighted by Crippen LogP contribution is 2.37. The number of fused-ring (bicyclic) bond motifs is 1. The number of aliphatic hydroxyl groups is 2. The smallest absolute Gasteiger partial charge is 0.211 e. The van der Waals surface area contributed by atoms with Crippen LogP contribution < -0.4 is 5.32 Å². The van der Waals surface area contributed by atoms with Gasteiger partial charge in [-0.2, -0.15) is 0 Å². The molecule has 1 aromatic rings.